The molecular formula is C14H16O3. The third-order valence-electron chi connectivity index (χ3n) is 2.74. The Morgan fingerprint density at radius 2 is 2.12 bits per heavy atom. The lowest BCUT2D eigenvalue weighted by molar-refractivity contribution is -0.139. The lowest BCUT2D eigenvalue weighted by atomic mass is 10.0. The molecule has 0 fully saturated rings. The number of ether oxygens (including phenoxy) is 2. The number of benzene rings is 1. The standard InChI is InChI=1S/C14H16O3/c1-3-16-14(15)12-8-9-17-13(12)11-6-4-10(2)5-7-11/h4-8,13H,3,9H2,1-2H3. The highest BCUT2D eigenvalue weighted by atomic mass is 16.5. The summed E-state index contributed by atoms with van der Waals surface area (Å²) in [7, 11) is 0. The van der Waals surface area contributed by atoms with Gasteiger partial charge in [-0.2, -0.15) is 0 Å². The lowest BCUT2D eigenvalue weighted by Crippen LogP contribution is -2.13. The normalized spacial score (nSPS) is 18.9. The third kappa shape index (κ3) is 2.56. The summed E-state index contributed by atoms with van der Waals surface area (Å²) in [6, 6.07) is 8.00. The van der Waals surface area contributed by atoms with Gasteiger partial charge in [0.15, 0.2) is 0 Å². The molecule has 1 heterocycles. The van der Waals surface area contributed by atoms with E-state index in [1.807, 2.05) is 31.2 Å². The van der Waals surface area contributed by atoms with Crippen molar-refractivity contribution in [3.63, 3.8) is 0 Å². The number of esters is 1. The molecule has 3 heteroatoms. The first-order valence-corrected chi connectivity index (χ1v) is 5.77. The number of rotatable bonds is 3. The maximum absolute atomic E-state index is 11.7. The van der Waals surface area contributed by atoms with E-state index in [-0.39, 0.29) is 12.1 Å². The van der Waals surface area contributed by atoms with Crippen molar-refractivity contribution in [3.05, 3.63) is 47.0 Å². The zero-order valence-electron chi connectivity index (χ0n) is 10.1. The van der Waals surface area contributed by atoms with Crippen molar-refractivity contribution >= 4 is 5.97 Å². The van der Waals surface area contributed by atoms with Crippen molar-refractivity contribution < 1.29 is 14.3 Å². The average Bonchev–Trinajstić information content (AvgIpc) is 2.79. The van der Waals surface area contributed by atoms with Gasteiger partial charge in [0.1, 0.15) is 6.10 Å². The second kappa shape index (κ2) is 5.15. The Kier molecular flexibility index (Phi) is 3.59. The van der Waals surface area contributed by atoms with Gasteiger partial charge in [-0.1, -0.05) is 29.8 Å². The fraction of sp³-hybridized carbons (Fsp3) is 0.357. The molecule has 0 radical (unpaired) electrons. The van der Waals surface area contributed by atoms with E-state index in [0.717, 1.165) is 5.56 Å². The molecule has 0 amide bonds. The van der Waals surface area contributed by atoms with Crippen LogP contribution in [0, 0.1) is 6.92 Å². The van der Waals surface area contributed by atoms with E-state index in [1.165, 1.54) is 5.56 Å². The quantitative estimate of drug-likeness (QED) is 0.751. The molecule has 0 saturated heterocycles. The molecule has 0 N–H and O–H groups in total. The van der Waals surface area contributed by atoms with Crippen molar-refractivity contribution in [2.75, 3.05) is 13.2 Å². The number of aryl methyl sites for hydroxylation is 1. The minimum absolute atomic E-state index is 0.282. The molecule has 1 unspecified atom stereocenters. The molecule has 0 aromatic heterocycles. The van der Waals surface area contributed by atoms with E-state index < -0.39 is 0 Å². The Balaban J connectivity index is 2.19. The summed E-state index contributed by atoms with van der Waals surface area (Å²) in [4.78, 5) is 11.7. The Bertz CT molecular complexity index is 431. The summed E-state index contributed by atoms with van der Waals surface area (Å²) < 4.78 is 10.6. The van der Waals surface area contributed by atoms with Crippen molar-refractivity contribution in [3.8, 4) is 0 Å². The maximum atomic E-state index is 11.7. The predicted molar refractivity (Wildman–Crippen MR) is 64.6 cm³/mol. The summed E-state index contributed by atoms with van der Waals surface area (Å²) in [6.45, 7) is 4.68. The molecule has 1 atom stereocenters. The molecule has 1 aliphatic heterocycles. The minimum atomic E-state index is -0.283. The van der Waals surface area contributed by atoms with Gasteiger partial charge in [0, 0.05) is 0 Å². The maximum Gasteiger partial charge on any atom is 0.336 e. The van der Waals surface area contributed by atoms with Gasteiger partial charge in [-0.05, 0) is 25.5 Å². The van der Waals surface area contributed by atoms with Gasteiger partial charge in [-0.15, -0.1) is 0 Å². The Labute approximate surface area is 101 Å². The number of carbonyl (C=O) groups is 1. The van der Waals surface area contributed by atoms with Gasteiger partial charge in [0.2, 0.25) is 0 Å². The molecule has 90 valence electrons. The highest BCUT2D eigenvalue weighted by Gasteiger charge is 2.28. The van der Waals surface area contributed by atoms with Crippen LogP contribution in [0.2, 0.25) is 0 Å². The number of hydrogen-bond donors (Lipinski definition) is 0. The van der Waals surface area contributed by atoms with Gasteiger partial charge in [-0.25, -0.2) is 4.79 Å². The fourth-order valence-corrected chi connectivity index (χ4v) is 1.85. The van der Waals surface area contributed by atoms with Crippen LogP contribution >= 0.6 is 0 Å². The Morgan fingerprint density at radius 3 is 2.76 bits per heavy atom. The van der Waals surface area contributed by atoms with Gasteiger partial charge in [0.05, 0.1) is 18.8 Å². The van der Waals surface area contributed by atoms with Crippen molar-refractivity contribution in [1.29, 1.82) is 0 Å². The molecule has 3 nitrogen and oxygen atoms in total. The molecule has 2 rings (SSSR count). The third-order valence-corrected chi connectivity index (χ3v) is 2.74. The largest absolute Gasteiger partial charge is 0.463 e. The van der Waals surface area contributed by atoms with Crippen LogP contribution in [0.5, 0.6) is 0 Å². The summed E-state index contributed by atoms with van der Waals surface area (Å²) in [5, 5.41) is 0. The first-order valence-electron chi connectivity index (χ1n) is 5.77. The summed E-state index contributed by atoms with van der Waals surface area (Å²) in [5.41, 5.74) is 2.79. The molecular weight excluding hydrogens is 216 g/mol. The van der Waals surface area contributed by atoms with E-state index in [4.69, 9.17) is 9.47 Å². The van der Waals surface area contributed by atoms with Gasteiger partial charge < -0.3 is 9.47 Å². The van der Waals surface area contributed by atoms with Gasteiger partial charge in [-0.3, -0.25) is 0 Å². The van der Waals surface area contributed by atoms with Crippen molar-refractivity contribution in [2.24, 2.45) is 0 Å². The van der Waals surface area contributed by atoms with E-state index in [9.17, 15) is 4.79 Å². The SMILES string of the molecule is CCOC(=O)C1=CCOC1c1ccc(C)cc1. The molecule has 1 aliphatic rings. The van der Waals surface area contributed by atoms with Gasteiger partial charge in [0.25, 0.3) is 0 Å². The average molecular weight is 232 g/mol. The number of hydrogen-bond acceptors (Lipinski definition) is 3. The van der Waals surface area contributed by atoms with Crippen LogP contribution in [0.3, 0.4) is 0 Å². The molecule has 0 bridgehead atoms. The van der Waals surface area contributed by atoms with Crippen LogP contribution < -0.4 is 0 Å². The molecule has 17 heavy (non-hydrogen) atoms. The summed E-state index contributed by atoms with van der Waals surface area (Å²) in [5.74, 6) is -0.282. The van der Waals surface area contributed by atoms with E-state index >= 15 is 0 Å². The monoisotopic (exact) mass is 232 g/mol. The molecule has 0 saturated carbocycles. The molecule has 1 aromatic carbocycles. The first kappa shape index (κ1) is 11.9. The van der Waals surface area contributed by atoms with Crippen LogP contribution in [0.1, 0.15) is 24.2 Å². The second-order valence-electron chi connectivity index (χ2n) is 4.00. The van der Waals surface area contributed by atoms with Gasteiger partial charge >= 0.3 is 5.97 Å². The summed E-state index contributed by atoms with van der Waals surface area (Å²) in [6.07, 6.45) is 1.51. The van der Waals surface area contributed by atoms with E-state index in [2.05, 4.69) is 0 Å². The number of carbonyl (C=O) groups excluding carboxylic acids is 1. The van der Waals surface area contributed by atoms with E-state index in [1.54, 1.807) is 13.0 Å². The zero-order chi connectivity index (χ0) is 12.3. The fourth-order valence-electron chi connectivity index (χ4n) is 1.85. The highest BCUT2D eigenvalue weighted by molar-refractivity contribution is 5.90. The first-order chi connectivity index (χ1) is 8.22. The zero-order valence-corrected chi connectivity index (χ0v) is 10.1. The van der Waals surface area contributed by atoms with Crippen molar-refractivity contribution in [2.45, 2.75) is 20.0 Å². The topological polar surface area (TPSA) is 35.5 Å². The Hall–Kier alpha value is -1.61. The minimum Gasteiger partial charge on any atom is -0.463 e. The summed E-state index contributed by atoms with van der Waals surface area (Å²) >= 11 is 0. The van der Waals surface area contributed by atoms with Crippen LogP contribution in [0.15, 0.2) is 35.9 Å². The smallest absolute Gasteiger partial charge is 0.336 e. The van der Waals surface area contributed by atoms with Crippen LogP contribution in [-0.4, -0.2) is 19.2 Å². The van der Waals surface area contributed by atoms with Crippen molar-refractivity contribution in [1.82, 2.24) is 0 Å². The van der Waals surface area contributed by atoms with E-state index in [0.29, 0.717) is 18.8 Å². The van der Waals surface area contributed by atoms with Crippen LogP contribution in [0.4, 0.5) is 0 Å². The lowest BCUT2D eigenvalue weighted by Gasteiger charge is -2.14. The second-order valence-corrected chi connectivity index (χ2v) is 4.00. The van der Waals surface area contributed by atoms with Crippen LogP contribution in [-0.2, 0) is 14.3 Å². The van der Waals surface area contributed by atoms with Crippen LogP contribution in [0.25, 0.3) is 0 Å². The Morgan fingerprint density at radius 1 is 1.41 bits per heavy atom. The molecule has 0 aliphatic carbocycles. The predicted octanol–water partition coefficient (Wildman–Crippen LogP) is 2.56. The molecule has 0 spiro atoms. The highest BCUT2D eigenvalue weighted by Crippen LogP contribution is 2.31. The molecule has 1 aromatic rings.